The molecule has 0 aliphatic carbocycles. The highest BCUT2D eigenvalue weighted by molar-refractivity contribution is 6.23. The van der Waals surface area contributed by atoms with Crippen molar-refractivity contribution in [2.24, 2.45) is 4.99 Å². The Morgan fingerprint density at radius 1 is 1.60 bits per heavy atom. The summed E-state index contributed by atoms with van der Waals surface area (Å²) >= 11 is 0. The van der Waals surface area contributed by atoms with Gasteiger partial charge in [0.1, 0.15) is 6.21 Å². The zero-order chi connectivity index (χ0) is 8.20. The lowest BCUT2D eigenvalue weighted by Crippen LogP contribution is -2.08. The van der Waals surface area contributed by atoms with Crippen LogP contribution in [0.1, 0.15) is 0 Å². The average Bonchev–Trinajstić information content (AvgIpc) is 1.81. The molecule has 0 spiro atoms. The van der Waals surface area contributed by atoms with Crippen LogP contribution in [0.25, 0.3) is 0 Å². The predicted octanol–water partition coefficient (Wildman–Crippen LogP) is 0.750. The number of alkyl halides is 3. The second kappa shape index (κ2) is 3.19. The smallest absolute Gasteiger partial charge is 0.465 e. The van der Waals surface area contributed by atoms with Crippen LogP contribution in [0.5, 0.6) is 0 Å². The molecule has 0 aromatic rings. The van der Waals surface area contributed by atoms with Gasteiger partial charge in [-0.1, -0.05) is 0 Å². The number of hydrogen-bond acceptors (Lipinski definition) is 3. The van der Waals surface area contributed by atoms with Crippen LogP contribution in [-0.2, 0) is 9.53 Å². The van der Waals surface area contributed by atoms with Crippen LogP contribution in [-0.4, -0.2) is 25.6 Å². The summed E-state index contributed by atoms with van der Waals surface area (Å²) in [4.78, 5) is 11.9. The number of esters is 1. The molecule has 0 aliphatic rings. The van der Waals surface area contributed by atoms with Crippen molar-refractivity contribution < 1.29 is 22.7 Å². The molecule has 0 heterocycles. The standard InChI is InChI=1S/C4H4F3NO2/c1-10-3(9)2-8-4(5,6)7/h2H,1H3. The van der Waals surface area contributed by atoms with Gasteiger partial charge < -0.3 is 4.74 Å². The van der Waals surface area contributed by atoms with Gasteiger partial charge in [-0.15, -0.1) is 13.2 Å². The molecule has 0 saturated carbocycles. The van der Waals surface area contributed by atoms with Crippen molar-refractivity contribution in [3.05, 3.63) is 0 Å². The second-order valence-electron chi connectivity index (χ2n) is 1.25. The molecule has 6 heteroatoms. The summed E-state index contributed by atoms with van der Waals surface area (Å²) < 4.78 is 37.3. The molecule has 0 atom stereocenters. The molecule has 0 aromatic carbocycles. The van der Waals surface area contributed by atoms with Crippen molar-refractivity contribution in [3.8, 4) is 0 Å². The number of hydrogen-bond donors (Lipinski definition) is 0. The van der Waals surface area contributed by atoms with E-state index in [1.54, 1.807) is 0 Å². The van der Waals surface area contributed by atoms with Crippen LogP contribution < -0.4 is 0 Å². The van der Waals surface area contributed by atoms with Crippen LogP contribution in [0.2, 0.25) is 0 Å². The first-order valence-electron chi connectivity index (χ1n) is 2.15. The fraction of sp³-hybridized carbons (Fsp3) is 0.500. The molecular weight excluding hydrogens is 151 g/mol. The lowest BCUT2D eigenvalue weighted by molar-refractivity contribution is -0.134. The van der Waals surface area contributed by atoms with Crippen LogP contribution in [0.15, 0.2) is 4.99 Å². The Kier molecular flexibility index (Phi) is 2.85. The third-order valence-electron chi connectivity index (χ3n) is 0.518. The maximum atomic E-state index is 11.1. The number of ether oxygens (including phenoxy) is 1. The van der Waals surface area contributed by atoms with E-state index in [2.05, 4.69) is 4.74 Å². The predicted molar refractivity (Wildman–Crippen MR) is 26.6 cm³/mol. The Bertz CT molecular complexity index is 151. The monoisotopic (exact) mass is 155 g/mol. The second-order valence-corrected chi connectivity index (χ2v) is 1.25. The van der Waals surface area contributed by atoms with Gasteiger partial charge in [0.2, 0.25) is 0 Å². The highest BCUT2D eigenvalue weighted by atomic mass is 19.4. The lowest BCUT2D eigenvalue weighted by atomic mass is 10.7. The molecule has 0 rings (SSSR count). The first kappa shape index (κ1) is 8.93. The number of aliphatic imine (C=N–C) groups is 1. The normalized spacial score (nSPS) is 12.0. The largest absolute Gasteiger partial charge is 0.503 e. The molecule has 0 amide bonds. The van der Waals surface area contributed by atoms with Crippen LogP contribution in [0.4, 0.5) is 13.2 Å². The van der Waals surface area contributed by atoms with E-state index < -0.39 is 12.3 Å². The van der Waals surface area contributed by atoms with Crippen molar-refractivity contribution in [2.45, 2.75) is 6.30 Å². The zero-order valence-electron chi connectivity index (χ0n) is 4.97. The van der Waals surface area contributed by atoms with Gasteiger partial charge in [0.25, 0.3) is 0 Å². The summed E-state index contributed by atoms with van der Waals surface area (Å²) in [5.41, 5.74) is 0. The third-order valence-corrected chi connectivity index (χ3v) is 0.518. The van der Waals surface area contributed by atoms with E-state index >= 15 is 0 Å². The minimum atomic E-state index is -4.70. The molecule has 0 aromatic heterocycles. The minimum Gasteiger partial charge on any atom is -0.465 e. The van der Waals surface area contributed by atoms with Crippen LogP contribution in [0.3, 0.4) is 0 Å². The number of nitrogens with zero attached hydrogens (tertiary/aromatic N) is 1. The van der Waals surface area contributed by atoms with Crippen molar-refractivity contribution >= 4 is 12.2 Å². The molecule has 10 heavy (non-hydrogen) atoms. The highest BCUT2D eigenvalue weighted by Crippen LogP contribution is 2.14. The van der Waals surface area contributed by atoms with Crippen LogP contribution >= 0.6 is 0 Å². The van der Waals surface area contributed by atoms with Crippen molar-refractivity contribution in [3.63, 3.8) is 0 Å². The molecule has 58 valence electrons. The van der Waals surface area contributed by atoms with Crippen molar-refractivity contribution in [2.75, 3.05) is 7.11 Å². The Balaban J connectivity index is 3.88. The SMILES string of the molecule is COC(=O)C=NC(F)(F)F. The molecule has 0 fully saturated rings. The van der Waals surface area contributed by atoms with E-state index in [0.717, 1.165) is 7.11 Å². The van der Waals surface area contributed by atoms with Crippen molar-refractivity contribution in [1.29, 1.82) is 0 Å². The summed E-state index contributed by atoms with van der Waals surface area (Å²) in [6, 6.07) is 0. The average molecular weight is 155 g/mol. The fourth-order valence-corrected chi connectivity index (χ4v) is 0.179. The first-order valence-corrected chi connectivity index (χ1v) is 2.15. The van der Waals surface area contributed by atoms with E-state index in [1.165, 1.54) is 0 Å². The van der Waals surface area contributed by atoms with E-state index in [-0.39, 0.29) is 6.21 Å². The van der Waals surface area contributed by atoms with Gasteiger partial charge in [-0.25, -0.2) is 4.79 Å². The van der Waals surface area contributed by atoms with Gasteiger partial charge in [0.05, 0.1) is 7.11 Å². The van der Waals surface area contributed by atoms with E-state index in [0.29, 0.717) is 0 Å². The van der Waals surface area contributed by atoms with E-state index in [9.17, 15) is 18.0 Å². The Labute approximate surface area is 54.5 Å². The molecule has 0 N–H and O–H groups in total. The van der Waals surface area contributed by atoms with Gasteiger partial charge in [-0.3, -0.25) is 0 Å². The van der Waals surface area contributed by atoms with Gasteiger partial charge in [0, 0.05) is 0 Å². The molecule has 0 aliphatic heterocycles. The molecule has 0 bridgehead atoms. The summed E-state index contributed by atoms with van der Waals surface area (Å²) in [6.45, 7) is 0. The molecule has 0 radical (unpaired) electrons. The number of carbonyl (C=O) groups excluding carboxylic acids is 1. The summed E-state index contributed by atoms with van der Waals surface area (Å²) in [6.07, 6.45) is -4.63. The van der Waals surface area contributed by atoms with Gasteiger partial charge in [-0.05, 0) is 0 Å². The number of rotatable bonds is 1. The molecular formula is C4H4F3NO2. The topological polar surface area (TPSA) is 38.7 Å². The summed E-state index contributed by atoms with van der Waals surface area (Å²) in [7, 11) is 0.963. The number of carbonyl (C=O) groups is 1. The molecule has 0 unspecified atom stereocenters. The fourth-order valence-electron chi connectivity index (χ4n) is 0.179. The Hall–Kier alpha value is -1.07. The maximum absolute atomic E-state index is 11.1. The third kappa shape index (κ3) is 5.07. The first-order chi connectivity index (χ1) is 4.45. The Morgan fingerprint density at radius 2 is 2.10 bits per heavy atom. The number of methoxy groups -OCH3 is 1. The van der Waals surface area contributed by atoms with Gasteiger partial charge in [-0.2, -0.15) is 4.99 Å². The van der Waals surface area contributed by atoms with Gasteiger partial charge in [0.15, 0.2) is 0 Å². The summed E-state index contributed by atoms with van der Waals surface area (Å²) in [5, 5.41) is 0. The van der Waals surface area contributed by atoms with Crippen LogP contribution in [0, 0.1) is 0 Å². The van der Waals surface area contributed by atoms with E-state index in [4.69, 9.17) is 0 Å². The maximum Gasteiger partial charge on any atom is 0.503 e. The van der Waals surface area contributed by atoms with Crippen molar-refractivity contribution in [1.82, 2.24) is 0 Å². The zero-order valence-corrected chi connectivity index (χ0v) is 4.97. The van der Waals surface area contributed by atoms with E-state index in [1.807, 2.05) is 4.99 Å². The van der Waals surface area contributed by atoms with Gasteiger partial charge >= 0.3 is 12.3 Å². The minimum absolute atomic E-state index is 0.0694. The molecule has 3 nitrogen and oxygen atoms in total. The lowest BCUT2D eigenvalue weighted by Gasteiger charge is -1.94. The molecule has 0 saturated heterocycles. The quantitative estimate of drug-likeness (QED) is 0.318. The summed E-state index contributed by atoms with van der Waals surface area (Å²) in [5.74, 6) is -1.13. The highest BCUT2D eigenvalue weighted by Gasteiger charge is 2.25. The Morgan fingerprint density at radius 3 is 2.40 bits per heavy atom. The number of halogens is 3.